The molecule has 3 N–H and O–H groups in total. The van der Waals surface area contributed by atoms with Crippen LogP contribution >= 0.6 is 11.5 Å². The Labute approximate surface area is 208 Å². The molecule has 4 aromatic rings. The van der Waals surface area contributed by atoms with Crippen LogP contribution in [0.15, 0.2) is 53.7 Å². The molecule has 9 nitrogen and oxygen atoms in total. The van der Waals surface area contributed by atoms with E-state index in [1.54, 1.807) is 6.20 Å². The zero-order chi connectivity index (χ0) is 24.7. The van der Waals surface area contributed by atoms with Crippen molar-refractivity contribution in [2.45, 2.75) is 49.8 Å². The summed E-state index contributed by atoms with van der Waals surface area (Å²) in [6.07, 6.45) is 8.34. The second-order valence-corrected chi connectivity index (χ2v) is 10.8. The highest BCUT2D eigenvalue weighted by molar-refractivity contribution is 7.89. The molecule has 35 heavy (non-hydrogen) atoms. The molecule has 0 unspecified atom stereocenters. The van der Waals surface area contributed by atoms with E-state index in [1.807, 2.05) is 47.0 Å². The van der Waals surface area contributed by atoms with Crippen molar-refractivity contribution >= 4 is 49.2 Å². The summed E-state index contributed by atoms with van der Waals surface area (Å²) < 4.78 is 35.3. The Hall–Kier alpha value is -3.02. The number of anilines is 1. The highest BCUT2D eigenvalue weighted by Crippen LogP contribution is 2.28. The number of carboxylic acid groups (broad SMARTS) is 1. The Bertz CT molecular complexity index is 1400. The molecule has 2 aromatic heterocycles. The van der Waals surface area contributed by atoms with Crippen LogP contribution in [0, 0.1) is 0 Å². The van der Waals surface area contributed by atoms with Crippen LogP contribution in [0.25, 0.3) is 15.7 Å². The Morgan fingerprint density at radius 3 is 2.71 bits per heavy atom. The first-order valence-electron chi connectivity index (χ1n) is 11.7. The fraction of sp³-hybridized carbons (Fsp3) is 0.375. The van der Waals surface area contributed by atoms with Gasteiger partial charge in [-0.2, -0.15) is 4.37 Å². The molecule has 186 valence electrons. The molecule has 0 radical (unpaired) electrons. The lowest BCUT2D eigenvalue weighted by molar-refractivity contribution is -0.137. The first-order valence-corrected chi connectivity index (χ1v) is 14.0. The van der Waals surface area contributed by atoms with Crippen LogP contribution in [-0.2, 0) is 21.2 Å². The maximum Gasteiger partial charge on any atom is 0.303 e. The van der Waals surface area contributed by atoms with Crippen molar-refractivity contribution in [1.82, 2.24) is 18.5 Å². The van der Waals surface area contributed by atoms with E-state index < -0.39 is 16.0 Å². The molecular weight excluding hydrogens is 486 g/mol. The van der Waals surface area contributed by atoms with E-state index in [9.17, 15) is 13.2 Å². The van der Waals surface area contributed by atoms with Gasteiger partial charge in [0.2, 0.25) is 20.9 Å². The van der Waals surface area contributed by atoms with Crippen molar-refractivity contribution in [3.63, 3.8) is 0 Å². The highest BCUT2D eigenvalue weighted by Gasteiger charge is 2.21. The van der Waals surface area contributed by atoms with Gasteiger partial charge in [0.15, 0.2) is 0 Å². The molecule has 11 heteroatoms. The molecule has 0 saturated heterocycles. The second-order valence-electron chi connectivity index (χ2n) is 8.35. The van der Waals surface area contributed by atoms with Gasteiger partial charge in [-0.25, -0.2) is 18.1 Å². The minimum atomic E-state index is -3.77. The number of hydrogen-bond acceptors (Lipinski definition) is 7. The Morgan fingerprint density at radius 1 is 1.03 bits per heavy atom. The number of carbonyl (C=O) groups is 1. The van der Waals surface area contributed by atoms with E-state index in [1.165, 1.54) is 11.5 Å². The number of aryl methyl sites for hydroxylation is 1. The van der Waals surface area contributed by atoms with Gasteiger partial charge in [0.25, 0.3) is 0 Å². The van der Waals surface area contributed by atoms with Crippen molar-refractivity contribution in [2.75, 3.05) is 18.4 Å². The number of benzene rings is 2. The topological polar surface area (TPSA) is 126 Å². The number of nitrogens with one attached hydrogen (secondary N) is 2. The predicted octanol–water partition coefficient (Wildman–Crippen LogP) is 4.30. The largest absolute Gasteiger partial charge is 0.481 e. The van der Waals surface area contributed by atoms with E-state index in [0.717, 1.165) is 54.1 Å². The van der Waals surface area contributed by atoms with Crippen LogP contribution in [0.5, 0.6) is 0 Å². The van der Waals surface area contributed by atoms with Gasteiger partial charge in [0.1, 0.15) is 0 Å². The van der Waals surface area contributed by atoms with Crippen molar-refractivity contribution in [3.05, 3.63) is 54.4 Å². The second kappa shape index (κ2) is 11.6. The summed E-state index contributed by atoms with van der Waals surface area (Å²) in [6, 6.07) is 11.3. The van der Waals surface area contributed by atoms with E-state index in [2.05, 4.69) is 19.4 Å². The third kappa shape index (κ3) is 6.36. The third-order valence-corrected chi connectivity index (χ3v) is 8.13. The molecule has 2 heterocycles. The van der Waals surface area contributed by atoms with E-state index in [4.69, 9.17) is 5.11 Å². The van der Waals surface area contributed by atoms with Crippen LogP contribution in [0.4, 0.5) is 5.95 Å². The van der Waals surface area contributed by atoms with E-state index >= 15 is 0 Å². The normalized spacial score (nSPS) is 11.9. The minimum Gasteiger partial charge on any atom is -0.481 e. The molecule has 4 rings (SSSR count). The van der Waals surface area contributed by atoms with Crippen molar-refractivity contribution < 1.29 is 18.3 Å². The zero-order valence-electron chi connectivity index (χ0n) is 19.3. The molecule has 0 atom stereocenters. The number of hydrogen-bond donors (Lipinski definition) is 3. The summed E-state index contributed by atoms with van der Waals surface area (Å²) in [7, 11) is -3.77. The standard InChI is InChI=1S/C24H29N5O4S2/c30-21(31)11-7-15-27-35(32,33)22-19(13-12-18-8-4-5-10-20(18)22)9-3-1-2-6-14-25-23-28-34-24-26-16-17-29(23)24/h4-5,8,10,12-13,16-17,27H,1-3,6-7,9,11,14-15H2,(H,25,28)(H,30,31). The van der Waals surface area contributed by atoms with Gasteiger partial charge in [-0.3, -0.25) is 9.20 Å². The number of unbranched alkanes of at least 4 members (excludes halogenated alkanes) is 3. The summed E-state index contributed by atoms with van der Waals surface area (Å²) in [4.78, 5) is 16.1. The van der Waals surface area contributed by atoms with Crippen LogP contribution in [0.3, 0.4) is 0 Å². The zero-order valence-corrected chi connectivity index (χ0v) is 20.9. The lowest BCUT2D eigenvalue weighted by Crippen LogP contribution is -2.26. The van der Waals surface area contributed by atoms with Crippen molar-refractivity contribution in [2.24, 2.45) is 0 Å². The lowest BCUT2D eigenvalue weighted by Gasteiger charge is -2.15. The molecule has 0 spiro atoms. The summed E-state index contributed by atoms with van der Waals surface area (Å²) in [6.45, 7) is 0.904. The number of fused-ring (bicyclic) bond motifs is 2. The molecule has 0 amide bonds. The summed E-state index contributed by atoms with van der Waals surface area (Å²) in [5.41, 5.74) is 0.789. The fourth-order valence-electron chi connectivity index (χ4n) is 4.08. The van der Waals surface area contributed by atoms with E-state index in [0.29, 0.717) is 16.7 Å². The average molecular weight is 516 g/mol. The van der Waals surface area contributed by atoms with Crippen LogP contribution in [0.1, 0.15) is 44.1 Å². The van der Waals surface area contributed by atoms with Crippen LogP contribution in [0.2, 0.25) is 0 Å². The van der Waals surface area contributed by atoms with Gasteiger partial charge >= 0.3 is 5.97 Å². The average Bonchev–Trinajstić information content (AvgIpc) is 3.45. The number of sulfonamides is 1. The van der Waals surface area contributed by atoms with Gasteiger partial charge in [0.05, 0.1) is 4.90 Å². The first-order chi connectivity index (χ1) is 17.0. The van der Waals surface area contributed by atoms with Crippen molar-refractivity contribution in [3.8, 4) is 0 Å². The quantitative estimate of drug-likeness (QED) is 0.214. The highest BCUT2D eigenvalue weighted by atomic mass is 32.2. The number of carboxylic acids is 1. The number of nitrogens with zero attached hydrogens (tertiary/aromatic N) is 3. The summed E-state index contributed by atoms with van der Waals surface area (Å²) >= 11 is 1.36. The molecule has 0 aliphatic rings. The summed E-state index contributed by atoms with van der Waals surface area (Å²) in [5.74, 6) is -0.129. The fourth-order valence-corrected chi connectivity index (χ4v) is 6.29. The third-order valence-electron chi connectivity index (χ3n) is 5.79. The summed E-state index contributed by atoms with van der Waals surface area (Å²) in [5, 5.41) is 13.7. The van der Waals surface area contributed by atoms with Gasteiger partial charge in [-0.15, -0.1) is 0 Å². The maximum atomic E-state index is 13.2. The molecule has 0 aliphatic heterocycles. The lowest BCUT2D eigenvalue weighted by atomic mass is 10.0. The van der Waals surface area contributed by atoms with Crippen LogP contribution in [-0.4, -0.2) is 46.3 Å². The monoisotopic (exact) mass is 515 g/mol. The maximum absolute atomic E-state index is 13.2. The van der Waals surface area contributed by atoms with Gasteiger partial charge < -0.3 is 10.4 Å². The number of aromatic nitrogens is 3. The van der Waals surface area contributed by atoms with Crippen molar-refractivity contribution in [1.29, 1.82) is 0 Å². The molecule has 2 aromatic carbocycles. The Kier molecular flexibility index (Phi) is 8.32. The van der Waals surface area contributed by atoms with Crippen LogP contribution < -0.4 is 10.0 Å². The molecule has 0 aliphatic carbocycles. The Morgan fingerprint density at radius 2 is 1.86 bits per heavy atom. The van der Waals surface area contributed by atoms with Gasteiger partial charge in [-0.05, 0) is 36.6 Å². The molecular formula is C24H29N5O4S2. The smallest absolute Gasteiger partial charge is 0.303 e. The minimum absolute atomic E-state index is 0.0740. The van der Waals surface area contributed by atoms with Gasteiger partial charge in [-0.1, -0.05) is 49.2 Å². The first kappa shape index (κ1) is 25.1. The van der Waals surface area contributed by atoms with Gasteiger partial charge in [0, 0.05) is 48.8 Å². The molecule has 0 bridgehead atoms. The molecule has 0 fully saturated rings. The molecule has 0 saturated carbocycles. The predicted molar refractivity (Wildman–Crippen MR) is 138 cm³/mol. The van der Waals surface area contributed by atoms with E-state index in [-0.39, 0.29) is 19.4 Å². The number of imidazole rings is 1. The number of rotatable bonds is 14. The SMILES string of the molecule is O=C(O)CCCNS(=O)(=O)c1c(CCCCCCNc2nsc3nccn23)ccc2ccccc12. The Balaban J connectivity index is 1.33. The number of aliphatic carboxylic acids is 1.